The van der Waals surface area contributed by atoms with Gasteiger partial charge in [-0.1, -0.05) is 12.1 Å². The fraction of sp³-hybridized carbons (Fsp3) is 0.333. The van der Waals surface area contributed by atoms with Gasteiger partial charge in [-0.3, -0.25) is 4.79 Å². The van der Waals surface area contributed by atoms with Crippen molar-refractivity contribution in [1.29, 1.82) is 5.26 Å². The van der Waals surface area contributed by atoms with Gasteiger partial charge in [0.05, 0.1) is 11.6 Å². The van der Waals surface area contributed by atoms with Gasteiger partial charge in [-0.15, -0.1) is 0 Å². The van der Waals surface area contributed by atoms with Crippen LogP contribution in [0.1, 0.15) is 24.5 Å². The largest absolute Gasteiger partial charge is 0.352 e. The molecule has 4 heteroatoms. The Morgan fingerprint density at radius 2 is 2.12 bits per heavy atom. The van der Waals surface area contributed by atoms with Gasteiger partial charge in [0.15, 0.2) is 0 Å². The maximum Gasteiger partial charge on any atom is 0.221 e. The Labute approximate surface area is 95.1 Å². The van der Waals surface area contributed by atoms with Crippen molar-refractivity contribution in [2.75, 3.05) is 0 Å². The number of rotatable bonds is 4. The lowest BCUT2D eigenvalue weighted by Crippen LogP contribution is -2.29. The number of hydrogen-bond acceptors (Lipinski definition) is 3. The Balaban J connectivity index is 2.43. The van der Waals surface area contributed by atoms with Gasteiger partial charge in [-0.05, 0) is 24.6 Å². The summed E-state index contributed by atoms with van der Waals surface area (Å²) in [5.41, 5.74) is 7.09. The number of nitrogens with two attached hydrogens (primary N) is 1. The summed E-state index contributed by atoms with van der Waals surface area (Å²) in [7, 11) is 0. The van der Waals surface area contributed by atoms with Crippen LogP contribution in [0.25, 0.3) is 0 Å². The maximum atomic E-state index is 11.3. The second-order valence-corrected chi connectivity index (χ2v) is 3.77. The minimum absolute atomic E-state index is 0.0561. The van der Waals surface area contributed by atoms with E-state index >= 15 is 0 Å². The minimum Gasteiger partial charge on any atom is -0.352 e. The number of nitrogens with one attached hydrogen (secondary N) is 1. The smallest absolute Gasteiger partial charge is 0.221 e. The highest BCUT2D eigenvalue weighted by Gasteiger charge is 2.04. The van der Waals surface area contributed by atoms with Crippen molar-refractivity contribution in [3.05, 3.63) is 35.4 Å². The SMILES string of the molecule is CC(N)CC(=O)NCc1ccc(C#N)cc1. The molecule has 84 valence electrons. The van der Waals surface area contributed by atoms with E-state index < -0.39 is 0 Å². The third-order valence-corrected chi connectivity index (χ3v) is 2.08. The number of nitrogens with zero attached hydrogens (tertiary/aromatic N) is 1. The van der Waals surface area contributed by atoms with E-state index in [1.807, 2.05) is 18.2 Å². The normalized spacial score (nSPS) is 11.6. The molecular weight excluding hydrogens is 202 g/mol. The van der Waals surface area contributed by atoms with Crippen molar-refractivity contribution < 1.29 is 4.79 Å². The van der Waals surface area contributed by atoms with Crippen molar-refractivity contribution in [3.8, 4) is 6.07 Å². The molecule has 4 nitrogen and oxygen atoms in total. The molecule has 0 spiro atoms. The number of carbonyl (C=O) groups excluding carboxylic acids is 1. The summed E-state index contributed by atoms with van der Waals surface area (Å²) in [5, 5.41) is 11.4. The van der Waals surface area contributed by atoms with Gasteiger partial charge in [-0.2, -0.15) is 5.26 Å². The zero-order valence-corrected chi connectivity index (χ0v) is 9.23. The lowest BCUT2D eigenvalue weighted by molar-refractivity contribution is -0.121. The predicted molar refractivity (Wildman–Crippen MR) is 61.3 cm³/mol. The maximum absolute atomic E-state index is 11.3. The van der Waals surface area contributed by atoms with E-state index in [1.165, 1.54) is 0 Å². The first kappa shape index (κ1) is 12.2. The molecule has 1 rings (SSSR count). The van der Waals surface area contributed by atoms with Gasteiger partial charge in [-0.25, -0.2) is 0 Å². The monoisotopic (exact) mass is 217 g/mol. The molecule has 3 N–H and O–H groups in total. The molecule has 1 amide bonds. The molecule has 0 aliphatic carbocycles. The van der Waals surface area contributed by atoms with Gasteiger partial charge >= 0.3 is 0 Å². The fourth-order valence-electron chi connectivity index (χ4n) is 1.26. The Kier molecular flexibility index (Phi) is 4.49. The van der Waals surface area contributed by atoms with E-state index in [0.717, 1.165) is 5.56 Å². The fourth-order valence-corrected chi connectivity index (χ4v) is 1.26. The first-order chi connectivity index (χ1) is 7.61. The molecule has 1 atom stereocenters. The highest BCUT2D eigenvalue weighted by molar-refractivity contribution is 5.76. The van der Waals surface area contributed by atoms with E-state index in [4.69, 9.17) is 11.0 Å². The number of amides is 1. The first-order valence-corrected chi connectivity index (χ1v) is 5.13. The topological polar surface area (TPSA) is 78.9 Å². The van der Waals surface area contributed by atoms with Crippen molar-refractivity contribution in [1.82, 2.24) is 5.32 Å². The van der Waals surface area contributed by atoms with Crippen LogP contribution < -0.4 is 11.1 Å². The summed E-state index contributed by atoms with van der Waals surface area (Å²) >= 11 is 0. The Hall–Kier alpha value is -1.86. The average Bonchev–Trinajstić information content (AvgIpc) is 2.26. The van der Waals surface area contributed by atoms with E-state index in [9.17, 15) is 4.79 Å². The van der Waals surface area contributed by atoms with Crippen molar-refractivity contribution in [2.45, 2.75) is 25.9 Å². The molecule has 16 heavy (non-hydrogen) atoms. The Morgan fingerprint density at radius 1 is 1.50 bits per heavy atom. The zero-order valence-electron chi connectivity index (χ0n) is 9.23. The number of nitriles is 1. The lowest BCUT2D eigenvalue weighted by atomic mass is 10.1. The van der Waals surface area contributed by atoms with E-state index in [1.54, 1.807) is 19.1 Å². The van der Waals surface area contributed by atoms with Crippen LogP contribution in [-0.2, 0) is 11.3 Å². The summed E-state index contributed by atoms with van der Waals surface area (Å²) < 4.78 is 0. The number of benzene rings is 1. The van der Waals surface area contributed by atoms with Gasteiger partial charge in [0.2, 0.25) is 5.91 Å². The molecule has 0 aliphatic rings. The summed E-state index contributed by atoms with van der Waals surface area (Å²) in [6.07, 6.45) is 0.330. The van der Waals surface area contributed by atoms with Crippen LogP contribution in [0, 0.1) is 11.3 Å². The Bertz CT molecular complexity index is 390. The van der Waals surface area contributed by atoms with E-state index in [2.05, 4.69) is 5.32 Å². The molecule has 1 unspecified atom stereocenters. The standard InChI is InChI=1S/C12H15N3O/c1-9(14)6-12(16)15-8-11-4-2-10(7-13)3-5-11/h2-5,9H,6,8,14H2,1H3,(H,15,16). The van der Waals surface area contributed by atoms with Crippen LogP contribution in [0.2, 0.25) is 0 Å². The molecule has 0 aliphatic heterocycles. The molecular formula is C12H15N3O. The minimum atomic E-state index is -0.124. The van der Waals surface area contributed by atoms with Gasteiger partial charge in [0.25, 0.3) is 0 Å². The number of carbonyl (C=O) groups is 1. The molecule has 0 heterocycles. The molecule has 0 aromatic heterocycles. The Morgan fingerprint density at radius 3 is 2.62 bits per heavy atom. The lowest BCUT2D eigenvalue weighted by Gasteiger charge is -2.07. The van der Waals surface area contributed by atoms with Gasteiger partial charge in [0.1, 0.15) is 0 Å². The van der Waals surface area contributed by atoms with Crippen LogP contribution in [0.5, 0.6) is 0 Å². The molecule has 0 saturated carbocycles. The van der Waals surface area contributed by atoms with Crippen LogP contribution in [-0.4, -0.2) is 11.9 Å². The van der Waals surface area contributed by atoms with Crippen LogP contribution in [0.4, 0.5) is 0 Å². The molecule has 0 saturated heterocycles. The average molecular weight is 217 g/mol. The van der Waals surface area contributed by atoms with E-state index in [0.29, 0.717) is 18.5 Å². The quantitative estimate of drug-likeness (QED) is 0.786. The zero-order chi connectivity index (χ0) is 12.0. The van der Waals surface area contributed by atoms with Crippen LogP contribution in [0.15, 0.2) is 24.3 Å². The number of hydrogen-bond donors (Lipinski definition) is 2. The van der Waals surface area contributed by atoms with E-state index in [-0.39, 0.29) is 11.9 Å². The third-order valence-electron chi connectivity index (χ3n) is 2.08. The molecule has 0 bridgehead atoms. The highest BCUT2D eigenvalue weighted by Crippen LogP contribution is 2.02. The first-order valence-electron chi connectivity index (χ1n) is 5.13. The second-order valence-electron chi connectivity index (χ2n) is 3.77. The third kappa shape index (κ3) is 4.11. The van der Waals surface area contributed by atoms with Crippen LogP contribution in [0.3, 0.4) is 0 Å². The van der Waals surface area contributed by atoms with Gasteiger partial charge in [0, 0.05) is 19.0 Å². The molecule has 0 fully saturated rings. The second kappa shape index (κ2) is 5.89. The molecule has 0 radical (unpaired) electrons. The summed E-state index contributed by atoms with van der Waals surface area (Å²) in [4.78, 5) is 11.3. The molecule has 1 aromatic rings. The van der Waals surface area contributed by atoms with Crippen molar-refractivity contribution in [3.63, 3.8) is 0 Å². The highest BCUT2D eigenvalue weighted by atomic mass is 16.1. The van der Waals surface area contributed by atoms with Gasteiger partial charge < -0.3 is 11.1 Å². The van der Waals surface area contributed by atoms with Crippen molar-refractivity contribution in [2.24, 2.45) is 5.73 Å². The van der Waals surface area contributed by atoms with Crippen LogP contribution >= 0.6 is 0 Å². The predicted octanol–water partition coefficient (Wildman–Crippen LogP) is 0.912. The molecule has 1 aromatic carbocycles. The summed E-state index contributed by atoms with van der Waals surface area (Å²) in [6.45, 7) is 2.26. The summed E-state index contributed by atoms with van der Waals surface area (Å²) in [6, 6.07) is 9.02. The summed E-state index contributed by atoms with van der Waals surface area (Å²) in [5.74, 6) is -0.0561. The van der Waals surface area contributed by atoms with Crippen molar-refractivity contribution >= 4 is 5.91 Å².